The van der Waals surface area contributed by atoms with Crippen molar-refractivity contribution in [1.29, 1.82) is 0 Å². The number of methoxy groups -OCH3 is 1. The highest BCUT2D eigenvalue weighted by Gasteiger charge is 2.24. The van der Waals surface area contributed by atoms with Gasteiger partial charge in [-0.3, -0.25) is 0 Å². The van der Waals surface area contributed by atoms with E-state index in [-0.39, 0.29) is 0 Å². The second-order valence-corrected chi connectivity index (χ2v) is 5.43. The summed E-state index contributed by atoms with van der Waals surface area (Å²) in [4.78, 5) is 0. The van der Waals surface area contributed by atoms with Gasteiger partial charge in [0.15, 0.2) is 0 Å². The molecule has 1 fully saturated rings. The van der Waals surface area contributed by atoms with Crippen LogP contribution in [-0.4, -0.2) is 12.2 Å². The second kappa shape index (κ2) is 5.68. The maximum absolute atomic E-state index is 10.7. The minimum Gasteiger partial charge on any atom is -0.497 e. The lowest BCUT2D eigenvalue weighted by molar-refractivity contribution is 0.217. The molecule has 0 heterocycles. The van der Waals surface area contributed by atoms with Crippen molar-refractivity contribution in [2.45, 2.75) is 31.3 Å². The topological polar surface area (TPSA) is 29.5 Å². The van der Waals surface area contributed by atoms with Crippen LogP contribution in [0.3, 0.4) is 0 Å². The summed E-state index contributed by atoms with van der Waals surface area (Å²) in [6, 6.07) is 15.9. The van der Waals surface area contributed by atoms with Gasteiger partial charge < -0.3 is 9.84 Å². The Labute approximate surface area is 120 Å². The van der Waals surface area contributed by atoms with Crippen LogP contribution in [0.5, 0.6) is 5.75 Å². The minimum atomic E-state index is -0.558. The van der Waals surface area contributed by atoms with Crippen LogP contribution >= 0.6 is 0 Å². The van der Waals surface area contributed by atoms with E-state index in [1.165, 1.54) is 24.8 Å². The van der Waals surface area contributed by atoms with E-state index < -0.39 is 6.10 Å². The van der Waals surface area contributed by atoms with Gasteiger partial charge in [0.25, 0.3) is 0 Å². The van der Waals surface area contributed by atoms with E-state index in [2.05, 4.69) is 12.1 Å². The van der Waals surface area contributed by atoms with Gasteiger partial charge in [-0.05, 0) is 47.6 Å². The fraction of sp³-hybridized carbons (Fsp3) is 0.333. The van der Waals surface area contributed by atoms with Gasteiger partial charge in [0.05, 0.1) is 7.11 Å². The Morgan fingerprint density at radius 1 is 1.05 bits per heavy atom. The Balaban J connectivity index is 1.90. The number of ether oxygens (including phenoxy) is 1. The molecule has 1 unspecified atom stereocenters. The quantitative estimate of drug-likeness (QED) is 0.906. The molecule has 20 heavy (non-hydrogen) atoms. The van der Waals surface area contributed by atoms with Gasteiger partial charge in [0.1, 0.15) is 11.9 Å². The molecule has 1 saturated carbocycles. The minimum absolute atomic E-state index is 0.558. The van der Waals surface area contributed by atoms with Crippen LogP contribution in [0.4, 0.5) is 0 Å². The van der Waals surface area contributed by atoms with Crippen LogP contribution in [0.25, 0.3) is 0 Å². The average molecular weight is 268 g/mol. The zero-order valence-corrected chi connectivity index (χ0v) is 11.8. The van der Waals surface area contributed by atoms with E-state index in [0.717, 1.165) is 16.9 Å². The van der Waals surface area contributed by atoms with Crippen molar-refractivity contribution in [2.75, 3.05) is 7.11 Å². The molecule has 3 rings (SSSR count). The predicted molar refractivity (Wildman–Crippen MR) is 80.1 cm³/mol. The van der Waals surface area contributed by atoms with Gasteiger partial charge >= 0.3 is 0 Å². The lowest BCUT2D eigenvalue weighted by Crippen LogP contribution is -2.13. The highest BCUT2D eigenvalue weighted by molar-refractivity contribution is 5.40. The predicted octanol–water partition coefficient (Wildman–Crippen LogP) is 4.04. The molecule has 0 aromatic heterocycles. The molecular formula is C18H20O2. The van der Waals surface area contributed by atoms with Gasteiger partial charge in [-0.25, -0.2) is 0 Å². The van der Waals surface area contributed by atoms with Crippen molar-refractivity contribution in [3.05, 3.63) is 65.2 Å². The fourth-order valence-electron chi connectivity index (χ4n) is 2.82. The average Bonchev–Trinajstić information content (AvgIpc) is 2.45. The number of hydrogen-bond acceptors (Lipinski definition) is 2. The van der Waals surface area contributed by atoms with Crippen LogP contribution in [0, 0.1) is 0 Å². The largest absolute Gasteiger partial charge is 0.497 e. The zero-order chi connectivity index (χ0) is 13.9. The Hall–Kier alpha value is -1.80. The molecule has 1 atom stereocenters. The standard InChI is InChI=1S/C18H20O2/c1-20-15-11-9-14(10-12-15)18(19)17-8-3-2-7-16(17)13-5-4-6-13/h2-3,7-13,18-19H,4-6H2,1H3. The zero-order valence-electron chi connectivity index (χ0n) is 11.8. The van der Waals surface area contributed by atoms with Gasteiger partial charge in [-0.15, -0.1) is 0 Å². The molecule has 1 N–H and O–H groups in total. The molecule has 0 spiro atoms. The van der Waals surface area contributed by atoms with Crippen LogP contribution in [0.2, 0.25) is 0 Å². The van der Waals surface area contributed by atoms with Gasteiger partial charge in [-0.1, -0.05) is 42.8 Å². The molecular weight excluding hydrogens is 248 g/mol. The third kappa shape index (κ3) is 2.44. The molecule has 104 valence electrons. The molecule has 0 aliphatic heterocycles. The van der Waals surface area contributed by atoms with Crippen molar-refractivity contribution < 1.29 is 9.84 Å². The number of aliphatic hydroxyl groups is 1. The molecule has 0 amide bonds. The normalized spacial score (nSPS) is 16.5. The van der Waals surface area contributed by atoms with Gasteiger partial charge in [0, 0.05) is 0 Å². The van der Waals surface area contributed by atoms with Crippen LogP contribution in [0.15, 0.2) is 48.5 Å². The van der Waals surface area contributed by atoms with E-state index in [4.69, 9.17) is 4.74 Å². The first-order valence-corrected chi connectivity index (χ1v) is 7.20. The summed E-state index contributed by atoms with van der Waals surface area (Å²) in [6.45, 7) is 0. The number of aliphatic hydroxyl groups excluding tert-OH is 1. The maximum Gasteiger partial charge on any atom is 0.118 e. The van der Waals surface area contributed by atoms with E-state index in [1.807, 2.05) is 36.4 Å². The smallest absolute Gasteiger partial charge is 0.118 e. The summed E-state index contributed by atoms with van der Waals surface area (Å²) in [5, 5.41) is 10.7. The third-order valence-electron chi connectivity index (χ3n) is 4.27. The molecule has 1 aliphatic carbocycles. The van der Waals surface area contributed by atoms with E-state index >= 15 is 0 Å². The molecule has 0 radical (unpaired) electrons. The van der Waals surface area contributed by atoms with E-state index in [0.29, 0.717) is 5.92 Å². The molecule has 0 saturated heterocycles. The molecule has 0 bridgehead atoms. The summed E-state index contributed by atoms with van der Waals surface area (Å²) in [7, 11) is 1.65. The van der Waals surface area contributed by atoms with Crippen molar-refractivity contribution in [2.24, 2.45) is 0 Å². The molecule has 2 aromatic carbocycles. The number of rotatable bonds is 4. The van der Waals surface area contributed by atoms with Crippen molar-refractivity contribution >= 4 is 0 Å². The van der Waals surface area contributed by atoms with Gasteiger partial charge in [0.2, 0.25) is 0 Å². The molecule has 2 heteroatoms. The first kappa shape index (κ1) is 13.2. The maximum atomic E-state index is 10.7. The Morgan fingerprint density at radius 2 is 1.75 bits per heavy atom. The van der Waals surface area contributed by atoms with Crippen molar-refractivity contribution in [3.8, 4) is 5.75 Å². The highest BCUT2D eigenvalue weighted by atomic mass is 16.5. The lowest BCUT2D eigenvalue weighted by atomic mass is 9.77. The highest BCUT2D eigenvalue weighted by Crippen LogP contribution is 2.40. The third-order valence-corrected chi connectivity index (χ3v) is 4.27. The Bertz CT molecular complexity index is 570. The second-order valence-electron chi connectivity index (χ2n) is 5.43. The summed E-state index contributed by atoms with van der Waals surface area (Å²) >= 11 is 0. The molecule has 1 aliphatic rings. The van der Waals surface area contributed by atoms with Gasteiger partial charge in [-0.2, -0.15) is 0 Å². The molecule has 2 aromatic rings. The monoisotopic (exact) mass is 268 g/mol. The number of hydrogen-bond donors (Lipinski definition) is 1. The Kier molecular flexibility index (Phi) is 3.75. The van der Waals surface area contributed by atoms with Crippen LogP contribution in [-0.2, 0) is 0 Å². The fourth-order valence-corrected chi connectivity index (χ4v) is 2.82. The molecule has 2 nitrogen and oxygen atoms in total. The lowest BCUT2D eigenvalue weighted by Gasteiger charge is -2.29. The van der Waals surface area contributed by atoms with E-state index in [9.17, 15) is 5.11 Å². The SMILES string of the molecule is COc1ccc(C(O)c2ccccc2C2CCC2)cc1. The van der Waals surface area contributed by atoms with Crippen molar-refractivity contribution in [3.63, 3.8) is 0 Å². The first-order chi connectivity index (χ1) is 9.79. The number of benzene rings is 2. The van der Waals surface area contributed by atoms with Crippen molar-refractivity contribution in [1.82, 2.24) is 0 Å². The summed E-state index contributed by atoms with van der Waals surface area (Å²) in [6.07, 6.45) is 3.23. The summed E-state index contributed by atoms with van der Waals surface area (Å²) in [5.74, 6) is 1.44. The first-order valence-electron chi connectivity index (χ1n) is 7.20. The summed E-state index contributed by atoms with van der Waals surface area (Å²) in [5.41, 5.74) is 3.27. The van der Waals surface area contributed by atoms with Crippen LogP contribution < -0.4 is 4.74 Å². The Morgan fingerprint density at radius 3 is 2.35 bits per heavy atom. The van der Waals surface area contributed by atoms with E-state index in [1.54, 1.807) is 7.11 Å². The summed E-state index contributed by atoms with van der Waals surface area (Å²) < 4.78 is 5.16. The van der Waals surface area contributed by atoms with Crippen LogP contribution in [0.1, 0.15) is 48.0 Å².